The third-order valence-electron chi connectivity index (χ3n) is 7.73. The number of phenols is 1. The van der Waals surface area contributed by atoms with E-state index < -0.39 is 48.1 Å². The second kappa shape index (κ2) is 22.3. The van der Waals surface area contributed by atoms with Crippen LogP contribution in [0.4, 0.5) is 9.59 Å². The van der Waals surface area contributed by atoms with E-state index >= 15 is 0 Å². The van der Waals surface area contributed by atoms with Crippen molar-refractivity contribution in [2.75, 3.05) is 47.1 Å². The minimum Gasteiger partial charge on any atom is -0.508 e. The third-order valence-corrected chi connectivity index (χ3v) is 7.73. The Labute approximate surface area is 294 Å². The lowest BCUT2D eigenvalue weighted by molar-refractivity contribution is -0.131. The number of benzene rings is 2. The van der Waals surface area contributed by atoms with Crippen molar-refractivity contribution in [2.45, 2.75) is 64.9 Å². The van der Waals surface area contributed by atoms with E-state index in [2.05, 4.69) is 32.0 Å². The number of aromatic hydroxyl groups is 1. The van der Waals surface area contributed by atoms with Gasteiger partial charge >= 0.3 is 12.1 Å². The van der Waals surface area contributed by atoms with E-state index in [-0.39, 0.29) is 50.2 Å². The zero-order valence-electron chi connectivity index (χ0n) is 29.9. The van der Waals surface area contributed by atoms with Gasteiger partial charge in [0.25, 0.3) is 5.91 Å². The van der Waals surface area contributed by atoms with Gasteiger partial charge in [-0.15, -0.1) is 0 Å². The number of carbonyl (C=O) groups excluding carboxylic acids is 4. The highest BCUT2D eigenvalue weighted by Gasteiger charge is 2.32. The van der Waals surface area contributed by atoms with Crippen LogP contribution in [0.2, 0.25) is 0 Å². The van der Waals surface area contributed by atoms with Gasteiger partial charge in [-0.3, -0.25) is 15.0 Å². The van der Waals surface area contributed by atoms with Gasteiger partial charge in [0.05, 0.1) is 25.4 Å². The Balaban J connectivity index is 2.33. The first-order valence-electron chi connectivity index (χ1n) is 16.8. The van der Waals surface area contributed by atoms with Crippen molar-refractivity contribution >= 4 is 23.9 Å². The number of amides is 6. The molecular formula is C35H55N7O8. The zero-order valence-corrected chi connectivity index (χ0v) is 29.9. The number of methoxy groups -OCH3 is 2. The molecule has 0 saturated heterocycles. The van der Waals surface area contributed by atoms with E-state index in [0.717, 1.165) is 5.56 Å². The number of hydrogen-bond acceptors (Lipinski definition) is 9. The van der Waals surface area contributed by atoms with Crippen molar-refractivity contribution in [3.8, 4) is 5.75 Å². The third kappa shape index (κ3) is 15.4. The van der Waals surface area contributed by atoms with Gasteiger partial charge in [0, 0.05) is 40.4 Å². The van der Waals surface area contributed by atoms with Crippen molar-refractivity contribution in [1.82, 2.24) is 37.0 Å². The number of nitrogens with one attached hydrogen (secondary N) is 6. The van der Waals surface area contributed by atoms with Crippen LogP contribution in [0.15, 0.2) is 54.6 Å². The van der Waals surface area contributed by atoms with Gasteiger partial charge < -0.3 is 46.3 Å². The Kier molecular flexibility index (Phi) is 18.6. The molecule has 0 aliphatic heterocycles. The number of aliphatic hydroxyl groups is 1. The van der Waals surface area contributed by atoms with Crippen LogP contribution in [-0.4, -0.2) is 110 Å². The minimum atomic E-state index is -1.22. The summed E-state index contributed by atoms with van der Waals surface area (Å²) >= 11 is 0. The maximum Gasteiger partial charge on any atom is 0.315 e. The first-order valence-corrected chi connectivity index (χ1v) is 16.8. The van der Waals surface area contributed by atoms with Gasteiger partial charge in [-0.25, -0.2) is 14.6 Å². The molecule has 0 fully saturated rings. The van der Waals surface area contributed by atoms with Crippen LogP contribution in [0, 0.1) is 11.8 Å². The molecule has 0 aliphatic carbocycles. The van der Waals surface area contributed by atoms with Gasteiger partial charge in [0.15, 0.2) is 0 Å². The number of rotatable bonds is 21. The Morgan fingerprint density at radius 2 is 1.24 bits per heavy atom. The predicted molar refractivity (Wildman–Crippen MR) is 189 cm³/mol. The molecule has 0 bridgehead atoms. The van der Waals surface area contributed by atoms with E-state index in [1.807, 2.05) is 30.3 Å². The fourth-order valence-electron chi connectivity index (χ4n) is 4.96. The lowest BCUT2D eigenvalue weighted by Gasteiger charge is -2.33. The molecular weight excluding hydrogens is 646 g/mol. The largest absolute Gasteiger partial charge is 0.508 e. The summed E-state index contributed by atoms with van der Waals surface area (Å²) < 4.78 is 9.94. The first kappa shape index (κ1) is 41.7. The Hall–Kier alpha value is -4.44. The van der Waals surface area contributed by atoms with Crippen molar-refractivity contribution in [1.29, 1.82) is 0 Å². The highest BCUT2D eigenvalue weighted by Crippen LogP contribution is 2.14. The fourth-order valence-corrected chi connectivity index (χ4v) is 4.96. The molecule has 2 aromatic carbocycles. The number of nitrogens with zero attached hydrogens (tertiary/aromatic N) is 1. The molecule has 15 nitrogen and oxygen atoms in total. The molecule has 0 radical (unpaired) electrons. The standard InChI is InChI=1S/C35H55N7O8/c1-23(2)30(39-34(47)36-16-18-49-5)32(45)38-28(20-25-10-8-7-9-11-25)29(44)22-42(21-26-12-14-27(43)15-13-26)41-33(46)31(24(3)4)40-35(48)37-17-19-50-6/h7-15,23-24,28-31,43-44H,16-22H2,1-6H3,(H,38,45)(H,41,46)(H2,36,39,47)(H2,37,40,48)/t28-,29-,30-,31-/m0/s1. The van der Waals surface area contributed by atoms with Crippen LogP contribution in [0.25, 0.3) is 0 Å². The number of urea groups is 2. The molecule has 0 unspecified atom stereocenters. The summed E-state index contributed by atoms with van der Waals surface area (Å²) in [5.41, 5.74) is 4.41. The lowest BCUT2D eigenvalue weighted by Crippen LogP contribution is -2.60. The van der Waals surface area contributed by atoms with Crippen molar-refractivity contribution in [3.05, 3.63) is 65.7 Å². The summed E-state index contributed by atoms with van der Waals surface area (Å²) in [6.45, 7) is 8.31. The molecule has 6 amide bonds. The molecule has 2 rings (SSSR count). The molecule has 0 aromatic heterocycles. The average molecular weight is 702 g/mol. The van der Waals surface area contributed by atoms with Gasteiger partial charge in [-0.2, -0.15) is 0 Å². The second-order valence-corrected chi connectivity index (χ2v) is 12.6. The monoisotopic (exact) mass is 701 g/mol. The summed E-state index contributed by atoms with van der Waals surface area (Å²) in [6.07, 6.45) is -0.972. The quantitative estimate of drug-likeness (QED) is 0.0697. The minimum absolute atomic E-state index is 0.0688. The zero-order chi connectivity index (χ0) is 37.1. The normalized spacial score (nSPS) is 13.6. The van der Waals surface area contributed by atoms with Crippen LogP contribution in [0.5, 0.6) is 5.75 Å². The smallest absolute Gasteiger partial charge is 0.315 e. The highest BCUT2D eigenvalue weighted by atomic mass is 16.5. The summed E-state index contributed by atoms with van der Waals surface area (Å²) in [6, 6.07) is 12.0. The Morgan fingerprint density at radius 3 is 1.74 bits per heavy atom. The second-order valence-electron chi connectivity index (χ2n) is 12.6. The van der Waals surface area contributed by atoms with Gasteiger partial charge in [-0.05, 0) is 41.5 Å². The summed E-state index contributed by atoms with van der Waals surface area (Å²) in [4.78, 5) is 52.3. The number of aliphatic hydroxyl groups excluding tert-OH is 1. The van der Waals surface area contributed by atoms with Crippen LogP contribution in [0.1, 0.15) is 38.8 Å². The van der Waals surface area contributed by atoms with E-state index in [9.17, 15) is 29.4 Å². The molecule has 8 N–H and O–H groups in total. The number of carbonyl (C=O) groups is 4. The molecule has 278 valence electrons. The average Bonchev–Trinajstić information content (AvgIpc) is 3.07. The maximum atomic E-state index is 13.7. The lowest BCUT2D eigenvalue weighted by atomic mass is 9.98. The summed E-state index contributed by atoms with van der Waals surface area (Å²) in [5, 5.41) is 36.7. The van der Waals surface area contributed by atoms with E-state index in [1.165, 1.54) is 31.4 Å². The first-order chi connectivity index (χ1) is 23.8. The molecule has 4 atom stereocenters. The van der Waals surface area contributed by atoms with Crippen LogP contribution in [-0.2, 0) is 32.0 Å². The van der Waals surface area contributed by atoms with Gasteiger partial charge in [-0.1, -0.05) is 70.2 Å². The number of hydrazine groups is 1. The predicted octanol–water partition coefficient (Wildman–Crippen LogP) is 1.25. The highest BCUT2D eigenvalue weighted by molar-refractivity contribution is 5.88. The van der Waals surface area contributed by atoms with Crippen LogP contribution >= 0.6 is 0 Å². The van der Waals surface area contributed by atoms with Crippen molar-refractivity contribution < 1.29 is 38.9 Å². The number of phenolic OH excluding ortho intramolecular Hbond substituents is 1. The number of ether oxygens (including phenoxy) is 2. The van der Waals surface area contributed by atoms with Crippen LogP contribution in [0.3, 0.4) is 0 Å². The Morgan fingerprint density at radius 1 is 0.720 bits per heavy atom. The van der Waals surface area contributed by atoms with E-state index in [1.54, 1.807) is 39.8 Å². The molecule has 0 saturated carbocycles. The molecule has 0 heterocycles. The van der Waals surface area contributed by atoms with Crippen molar-refractivity contribution in [2.24, 2.45) is 11.8 Å². The van der Waals surface area contributed by atoms with E-state index in [4.69, 9.17) is 9.47 Å². The Bertz CT molecular complexity index is 1310. The van der Waals surface area contributed by atoms with Crippen molar-refractivity contribution in [3.63, 3.8) is 0 Å². The fraction of sp³-hybridized carbons (Fsp3) is 0.543. The molecule has 0 spiro atoms. The summed E-state index contributed by atoms with van der Waals surface area (Å²) in [5.74, 6) is -1.50. The van der Waals surface area contributed by atoms with Gasteiger partial charge in [0.1, 0.15) is 17.8 Å². The summed E-state index contributed by atoms with van der Waals surface area (Å²) in [7, 11) is 3.03. The maximum absolute atomic E-state index is 13.7. The topological polar surface area (TPSA) is 203 Å². The molecule has 50 heavy (non-hydrogen) atoms. The molecule has 2 aromatic rings. The molecule has 15 heteroatoms. The SMILES string of the molecule is COCCNC(=O)N[C@H](C(=O)N[C@@H](Cc1ccccc1)[C@@H](O)CN(Cc1ccc(O)cc1)NC(=O)[C@@H](NC(=O)NCCOC)C(C)C)C(C)C. The number of hydrogen-bond donors (Lipinski definition) is 8. The van der Waals surface area contributed by atoms with E-state index in [0.29, 0.717) is 18.8 Å². The molecule has 0 aliphatic rings. The van der Waals surface area contributed by atoms with Crippen LogP contribution < -0.4 is 32.0 Å². The van der Waals surface area contributed by atoms with Gasteiger partial charge in [0.2, 0.25) is 5.91 Å².